The van der Waals surface area contributed by atoms with Crippen LogP contribution in [-0.2, 0) is 18.7 Å². The second-order valence-corrected chi connectivity index (χ2v) is 25.8. The van der Waals surface area contributed by atoms with Crippen LogP contribution in [0.5, 0.6) is 17.2 Å². The summed E-state index contributed by atoms with van der Waals surface area (Å²) in [6.45, 7) is 21.8. The smallest absolute Gasteiger partial charge is 0.339 e. The summed E-state index contributed by atoms with van der Waals surface area (Å²) in [5, 5.41) is 0. The zero-order chi connectivity index (χ0) is 32.2. The molecule has 4 rings (SSSR count). The van der Waals surface area contributed by atoms with Gasteiger partial charge in [-0.25, -0.2) is 4.79 Å². The van der Waals surface area contributed by atoms with Crippen LogP contribution in [0.4, 0.5) is 0 Å². The highest BCUT2D eigenvalue weighted by Crippen LogP contribution is 2.48. The van der Waals surface area contributed by atoms with Crippen molar-refractivity contribution in [2.45, 2.75) is 90.0 Å². The lowest BCUT2D eigenvalue weighted by Crippen LogP contribution is -2.49. The summed E-state index contributed by atoms with van der Waals surface area (Å²) in [7, 11) is -3.54. The largest absolute Gasteiger partial charge is 0.454 e. The number of ether oxygens (including phenoxy) is 5. The van der Waals surface area contributed by atoms with E-state index < -0.39 is 34.4 Å². The van der Waals surface area contributed by atoms with Crippen LogP contribution >= 0.6 is 15.9 Å². The van der Waals surface area contributed by atoms with Crippen LogP contribution in [0.2, 0.25) is 42.3 Å². The minimum Gasteiger partial charge on any atom is -0.454 e. The fourth-order valence-electron chi connectivity index (χ4n) is 6.57. The molecule has 0 bridgehead atoms. The average Bonchev–Trinajstić information content (AvgIpc) is 3.39. The van der Waals surface area contributed by atoms with E-state index in [4.69, 9.17) is 28.1 Å². The Morgan fingerprint density at radius 3 is 2.23 bits per heavy atom. The molecule has 1 aliphatic carbocycles. The number of fused-ring (bicyclic) bond motifs is 2. The van der Waals surface area contributed by atoms with Crippen LogP contribution in [-0.4, -0.2) is 49.2 Å². The van der Waals surface area contributed by atoms with E-state index in [9.17, 15) is 4.79 Å². The molecule has 0 radical (unpaired) electrons. The summed E-state index contributed by atoms with van der Waals surface area (Å²) < 4.78 is 37.9. The Morgan fingerprint density at radius 1 is 0.977 bits per heavy atom. The van der Waals surface area contributed by atoms with Gasteiger partial charge in [-0.15, -0.1) is 0 Å². The summed E-state index contributed by atoms with van der Waals surface area (Å²) in [6.07, 6.45) is 1.39. The molecule has 0 amide bonds. The van der Waals surface area contributed by atoms with Crippen LogP contribution in [0.25, 0.3) is 6.08 Å². The zero-order valence-electron chi connectivity index (χ0n) is 27.7. The van der Waals surface area contributed by atoms with E-state index in [1.54, 1.807) is 6.07 Å². The van der Waals surface area contributed by atoms with Crippen LogP contribution in [0, 0.1) is 5.92 Å². The van der Waals surface area contributed by atoms with Crippen molar-refractivity contribution in [3.05, 3.63) is 57.6 Å². The van der Waals surface area contributed by atoms with Gasteiger partial charge < -0.3 is 28.1 Å². The number of hydrogen-bond acceptors (Lipinski definition) is 7. The van der Waals surface area contributed by atoms with Gasteiger partial charge in [-0.2, -0.15) is 0 Å². The molecule has 0 saturated heterocycles. The first-order chi connectivity index (χ1) is 20.7. The quantitative estimate of drug-likeness (QED) is 0.0638. The SMILES string of the molecule is CC(C)[Si](OC[C@H]1C(C(=O)Oc2ccccc2Br)=Cc2cc3c(cc2[C@@H]1OCOCC[Si](C)(C)C)OCO3)(C(C)C)C(C)C. The molecule has 0 spiro atoms. The maximum Gasteiger partial charge on any atom is 0.339 e. The van der Waals surface area contributed by atoms with Gasteiger partial charge in [0.1, 0.15) is 12.5 Å². The van der Waals surface area contributed by atoms with Crippen molar-refractivity contribution in [1.29, 1.82) is 0 Å². The van der Waals surface area contributed by atoms with E-state index in [0.29, 0.717) is 57.1 Å². The number of esters is 1. The van der Waals surface area contributed by atoms with Crippen LogP contribution in [0.15, 0.2) is 46.4 Å². The van der Waals surface area contributed by atoms with Gasteiger partial charge in [0.15, 0.2) is 19.8 Å². The van der Waals surface area contributed by atoms with Crippen molar-refractivity contribution in [3.63, 3.8) is 0 Å². The Kier molecular flexibility index (Phi) is 11.6. The Balaban J connectivity index is 1.74. The van der Waals surface area contributed by atoms with Gasteiger partial charge in [0.05, 0.1) is 10.6 Å². The molecule has 2 aliphatic rings. The summed E-state index contributed by atoms with van der Waals surface area (Å²) >= 11 is 3.52. The van der Waals surface area contributed by atoms with Gasteiger partial charge in [0.2, 0.25) is 6.79 Å². The monoisotopic (exact) mass is 704 g/mol. The molecular formula is C34H49BrO7Si2. The van der Waals surface area contributed by atoms with Gasteiger partial charge in [-0.3, -0.25) is 0 Å². The number of carbonyl (C=O) groups is 1. The van der Waals surface area contributed by atoms with E-state index in [0.717, 1.165) is 17.2 Å². The number of carbonyl (C=O) groups excluding carboxylic acids is 1. The van der Waals surface area contributed by atoms with Crippen molar-refractivity contribution >= 4 is 44.4 Å². The van der Waals surface area contributed by atoms with Gasteiger partial charge in [-0.05, 0) is 80.1 Å². The highest BCUT2D eigenvalue weighted by atomic mass is 79.9. The lowest BCUT2D eigenvalue weighted by Gasteiger charge is -2.44. The molecule has 7 nitrogen and oxygen atoms in total. The molecule has 10 heteroatoms. The fourth-order valence-corrected chi connectivity index (χ4v) is 13.2. The topological polar surface area (TPSA) is 72.5 Å². The number of para-hydroxylation sites is 1. The van der Waals surface area contributed by atoms with Gasteiger partial charge >= 0.3 is 5.97 Å². The first-order valence-corrected chi connectivity index (χ1v) is 22.3. The Labute approximate surface area is 273 Å². The van der Waals surface area contributed by atoms with Crippen molar-refractivity contribution < 1.29 is 32.9 Å². The summed E-state index contributed by atoms with van der Waals surface area (Å²) in [5.41, 5.74) is 3.40. The lowest BCUT2D eigenvalue weighted by molar-refractivity contribution is -0.134. The number of rotatable bonds is 14. The number of halogens is 1. The normalized spacial score (nSPS) is 18.2. The first kappa shape index (κ1) is 34.9. The molecule has 0 aromatic heterocycles. The van der Waals surface area contributed by atoms with Crippen molar-refractivity contribution in [2.75, 3.05) is 26.8 Å². The minimum atomic E-state index is -2.28. The molecular weight excluding hydrogens is 656 g/mol. The predicted molar refractivity (Wildman–Crippen MR) is 184 cm³/mol. The summed E-state index contributed by atoms with van der Waals surface area (Å²) in [6, 6.07) is 12.3. The number of benzene rings is 2. The van der Waals surface area contributed by atoms with E-state index in [-0.39, 0.29) is 13.6 Å². The van der Waals surface area contributed by atoms with E-state index in [1.165, 1.54) is 0 Å². The van der Waals surface area contributed by atoms with Crippen LogP contribution < -0.4 is 14.2 Å². The molecule has 1 aliphatic heterocycles. The van der Waals surface area contributed by atoms with Gasteiger partial charge in [0, 0.05) is 32.8 Å². The fraction of sp³-hybridized carbons (Fsp3) is 0.559. The standard InChI is InChI=1S/C34H49BrO7Si2/c1-22(2)44(23(3)4,24(5)6)41-19-28-27(34(36)42-30-13-11-10-12-29(30)35)16-25-17-31-32(39-21-38-31)18-26(25)33(28)40-20-37-14-15-43(7,8)9/h10-13,16-18,22-24,28,33H,14-15,19-21H2,1-9H3/t28-,33-/m0/s1. The molecule has 2 atom stereocenters. The molecule has 0 N–H and O–H groups in total. The van der Waals surface area contributed by atoms with Crippen molar-refractivity contribution in [2.24, 2.45) is 5.92 Å². The maximum absolute atomic E-state index is 14.0. The summed E-state index contributed by atoms with van der Waals surface area (Å²) in [5.74, 6) is 0.898. The second-order valence-electron chi connectivity index (χ2n) is 13.9. The molecule has 2 aromatic carbocycles. The molecule has 1 heterocycles. The minimum absolute atomic E-state index is 0.104. The molecule has 0 fully saturated rings. The molecule has 0 saturated carbocycles. The Hall–Kier alpha value is -1.96. The maximum atomic E-state index is 14.0. The highest BCUT2D eigenvalue weighted by molar-refractivity contribution is 9.10. The third kappa shape index (κ3) is 7.87. The third-order valence-corrected chi connectivity index (χ3v) is 17.2. The second kappa shape index (κ2) is 14.6. The Bertz CT molecular complexity index is 1310. The lowest BCUT2D eigenvalue weighted by atomic mass is 9.81. The van der Waals surface area contributed by atoms with E-state index in [1.807, 2.05) is 36.4 Å². The third-order valence-electron chi connectivity index (χ3n) is 8.78. The predicted octanol–water partition coefficient (Wildman–Crippen LogP) is 9.36. The van der Waals surface area contributed by atoms with Gasteiger partial charge in [-0.1, -0.05) is 73.3 Å². The molecule has 242 valence electrons. The molecule has 44 heavy (non-hydrogen) atoms. The van der Waals surface area contributed by atoms with Crippen molar-refractivity contribution in [3.8, 4) is 17.2 Å². The first-order valence-electron chi connectivity index (χ1n) is 15.7. The van der Waals surface area contributed by atoms with Crippen LogP contribution in [0.1, 0.15) is 58.8 Å². The average molecular weight is 706 g/mol. The highest BCUT2D eigenvalue weighted by Gasteiger charge is 2.47. The Morgan fingerprint density at radius 2 is 1.61 bits per heavy atom. The van der Waals surface area contributed by atoms with E-state index >= 15 is 0 Å². The zero-order valence-corrected chi connectivity index (χ0v) is 31.3. The molecule has 0 unspecified atom stereocenters. The molecule has 2 aromatic rings. The summed E-state index contributed by atoms with van der Waals surface area (Å²) in [4.78, 5) is 14.0. The van der Waals surface area contributed by atoms with E-state index in [2.05, 4.69) is 77.1 Å². The van der Waals surface area contributed by atoms with Crippen molar-refractivity contribution in [1.82, 2.24) is 0 Å². The van der Waals surface area contributed by atoms with Crippen LogP contribution in [0.3, 0.4) is 0 Å². The van der Waals surface area contributed by atoms with Gasteiger partial charge in [0.25, 0.3) is 0 Å². The number of hydrogen-bond donors (Lipinski definition) is 0.